The maximum atomic E-state index is 12.8. The first-order chi connectivity index (χ1) is 12.1. The van der Waals surface area contributed by atoms with Crippen LogP contribution < -0.4 is 5.32 Å². The minimum Gasteiger partial charge on any atom is -0.309 e. The number of anilines is 1. The number of aryl methyl sites for hydroxylation is 1. The van der Waals surface area contributed by atoms with Crippen molar-refractivity contribution in [2.24, 2.45) is 12.5 Å². The first kappa shape index (κ1) is 18.6. The fourth-order valence-electron chi connectivity index (χ4n) is 3.92. The van der Waals surface area contributed by atoms with E-state index >= 15 is 0 Å². The molecule has 0 aromatic carbocycles. The standard InChI is InChI=1S/C19H28N4O3/c1-18(2,3)13-10-14(22(4)21-13)20-15(24)12-23-16(25)11-19(17(23)26)8-6-5-7-9-19/h10H,5-9,11-12H2,1-4H3,(H,20,24). The molecule has 2 heterocycles. The zero-order valence-corrected chi connectivity index (χ0v) is 16.1. The number of carbonyl (C=O) groups excluding carboxylic acids is 3. The van der Waals surface area contributed by atoms with E-state index in [1.807, 2.05) is 26.8 Å². The number of aromatic nitrogens is 2. The van der Waals surface area contributed by atoms with Gasteiger partial charge in [0.2, 0.25) is 17.7 Å². The summed E-state index contributed by atoms with van der Waals surface area (Å²) in [5.41, 5.74) is 0.182. The Labute approximate surface area is 154 Å². The summed E-state index contributed by atoms with van der Waals surface area (Å²) in [7, 11) is 1.76. The SMILES string of the molecule is Cn1nc(C(C)(C)C)cc1NC(=O)CN1C(=O)CC2(CCCCC2)C1=O. The molecule has 1 spiro atoms. The fourth-order valence-corrected chi connectivity index (χ4v) is 3.92. The number of hydrogen-bond donors (Lipinski definition) is 1. The molecule has 2 fully saturated rings. The normalized spacial score (nSPS) is 20.1. The number of amides is 3. The minimum absolute atomic E-state index is 0.130. The molecule has 7 nitrogen and oxygen atoms in total. The van der Waals surface area contributed by atoms with Crippen LogP contribution in [0.25, 0.3) is 0 Å². The summed E-state index contributed by atoms with van der Waals surface area (Å²) >= 11 is 0. The molecule has 1 aliphatic carbocycles. The lowest BCUT2D eigenvalue weighted by molar-refractivity contribution is -0.144. The van der Waals surface area contributed by atoms with Gasteiger partial charge in [-0.1, -0.05) is 40.0 Å². The zero-order valence-electron chi connectivity index (χ0n) is 16.1. The predicted molar refractivity (Wildman–Crippen MR) is 97.4 cm³/mol. The van der Waals surface area contributed by atoms with E-state index < -0.39 is 5.41 Å². The molecule has 1 aromatic rings. The van der Waals surface area contributed by atoms with Gasteiger partial charge in [-0.25, -0.2) is 0 Å². The molecular formula is C19H28N4O3. The Hall–Kier alpha value is -2.18. The van der Waals surface area contributed by atoms with Crippen LogP contribution in [0.15, 0.2) is 6.07 Å². The molecule has 3 rings (SSSR count). The monoisotopic (exact) mass is 360 g/mol. The number of nitrogens with one attached hydrogen (secondary N) is 1. The number of imide groups is 1. The number of hydrogen-bond acceptors (Lipinski definition) is 4. The van der Waals surface area contributed by atoms with Crippen LogP contribution in [0.3, 0.4) is 0 Å². The summed E-state index contributed by atoms with van der Waals surface area (Å²) < 4.78 is 1.61. The van der Waals surface area contributed by atoms with Crippen LogP contribution >= 0.6 is 0 Å². The molecule has 0 atom stereocenters. The highest BCUT2D eigenvalue weighted by Gasteiger charge is 2.51. The zero-order chi connectivity index (χ0) is 19.1. The quantitative estimate of drug-likeness (QED) is 0.839. The van der Waals surface area contributed by atoms with Crippen molar-refractivity contribution in [3.05, 3.63) is 11.8 Å². The average molecular weight is 360 g/mol. The van der Waals surface area contributed by atoms with E-state index in [9.17, 15) is 14.4 Å². The third kappa shape index (κ3) is 3.39. The number of nitrogens with zero attached hydrogens (tertiary/aromatic N) is 3. The van der Waals surface area contributed by atoms with Crippen molar-refractivity contribution in [2.75, 3.05) is 11.9 Å². The first-order valence-corrected chi connectivity index (χ1v) is 9.32. The van der Waals surface area contributed by atoms with Crippen LogP contribution in [-0.2, 0) is 26.8 Å². The van der Waals surface area contributed by atoms with Gasteiger partial charge in [-0.15, -0.1) is 0 Å². The van der Waals surface area contributed by atoms with Crippen LogP contribution in [0.2, 0.25) is 0 Å². The third-order valence-corrected chi connectivity index (χ3v) is 5.52. The largest absolute Gasteiger partial charge is 0.309 e. The number of rotatable bonds is 3. The molecule has 142 valence electrons. The first-order valence-electron chi connectivity index (χ1n) is 9.32. The van der Waals surface area contributed by atoms with Gasteiger partial charge in [0, 0.05) is 24.9 Å². The van der Waals surface area contributed by atoms with Gasteiger partial charge in [0.15, 0.2) is 0 Å². The van der Waals surface area contributed by atoms with Gasteiger partial charge in [-0.3, -0.25) is 24.0 Å². The van der Waals surface area contributed by atoms with Crippen molar-refractivity contribution < 1.29 is 14.4 Å². The van der Waals surface area contributed by atoms with Crippen molar-refractivity contribution in [1.82, 2.24) is 14.7 Å². The number of likely N-dealkylation sites (tertiary alicyclic amines) is 1. The third-order valence-electron chi connectivity index (χ3n) is 5.52. The second-order valence-electron chi connectivity index (χ2n) is 8.64. The Balaban J connectivity index is 1.68. The summed E-state index contributed by atoms with van der Waals surface area (Å²) in [4.78, 5) is 38.7. The van der Waals surface area contributed by atoms with Crippen LogP contribution in [0.1, 0.15) is 65.0 Å². The van der Waals surface area contributed by atoms with Crippen LogP contribution in [0.4, 0.5) is 5.82 Å². The molecule has 1 aromatic heterocycles. The van der Waals surface area contributed by atoms with E-state index in [4.69, 9.17) is 0 Å². The van der Waals surface area contributed by atoms with E-state index in [0.717, 1.165) is 42.7 Å². The summed E-state index contributed by atoms with van der Waals surface area (Å²) in [6.45, 7) is 5.92. The molecule has 1 saturated carbocycles. The molecule has 1 saturated heterocycles. The van der Waals surface area contributed by atoms with Crippen molar-refractivity contribution in [3.63, 3.8) is 0 Å². The van der Waals surface area contributed by atoms with E-state index in [2.05, 4.69) is 10.4 Å². The van der Waals surface area contributed by atoms with E-state index in [-0.39, 0.29) is 36.1 Å². The van der Waals surface area contributed by atoms with Gasteiger partial charge in [0.05, 0.1) is 11.1 Å². The van der Waals surface area contributed by atoms with Gasteiger partial charge >= 0.3 is 0 Å². The molecule has 1 N–H and O–H groups in total. The topological polar surface area (TPSA) is 84.3 Å². The molecule has 2 aliphatic rings. The van der Waals surface area contributed by atoms with Crippen LogP contribution in [-0.4, -0.2) is 38.9 Å². The summed E-state index contributed by atoms with van der Waals surface area (Å²) in [5, 5.41) is 7.20. The molecule has 0 radical (unpaired) electrons. The lowest BCUT2D eigenvalue weighted by Crippen LogP contribution is -2.41. The lowest BCUT2D eigenvalue weighted by Gasteiger charge is -2.30. The van der Waals surface area contributed by atoms with Crippen LogP contribution in [0, 0.1) is 5.41 Å². The molecule has 26 heavy (non-hydrogen) atoms. The minimum atomic E-state index is -0.554. The molecule has 0 unspecified atom stereocenters. The van der Waals surface area contributed by atoms with Gasteiger partial charge in [-0.05, 0) is 12.8 Å². The van der Waals surface area contributed by atoms with Gasteiger partial charge in [0.1, 0.15) is 12.4 Å². The lowest BCUT2D eigenvalue weighted by atomic mass is 9.73. The van der Waals surface area contributed by atoms with Gasteiger partial charge in [0.25, 0.3) is 0 Å². The Kier molecular flexibility index (Phi) is 4.67. The van der Waals surface area contributed by atoms with Crippen LogP contribution in [0.5, 0.6) is 0 Å². The Bertz CT molecular complexity index is 738. The smallest absolute Gasteiger partial charge is 0.245 e. The van der Waals surface area contributed by atoms with E-state index in [0.29, 0.717) is 5.82 Å². The number of carbonyl (C=O) groups is 3. The Morgan fingerprint density at radius 3 is 2.46 bits per heavy atom. The summed E-state index contributed by atoms with van der Waals surface area (Å²) in [6, 6.07) is 1.83. The Morgan fingerprint density at radius 2 is 1.88 bits per heavy atom. The maximum Gasteiger partial charge on any atom is 0.245 e. The van der Waals surface area contributed by atoms with Crippen molar-refractivity contribution >= 4 is 23.5 Å². The Morgan fingerprint density at radius 1 is 1.23 bits per heavy atom. The predicted octanol–water partition coefficient (Wildman–Crippen LogP) is 2.37. The fraction of sp³-hybridized carbons (Fsp3) is 0.684. The molecule has 0 bridgehead atoms. The van der Waals surface area contributed by atoms with Crippen molar-refractivity contribution in [2.45, 2.75) is 64.7 Å². The summed E-state index contributed by atoms with van der Waals surface area (Å²) in [6.07, 6.45) is 4.82. The second-order valence-corrected chi connectivity index (χ2v) is 8.64. The second kappa shape index (κ2) is 6.52. The summed E-state index contributed by atoms with van der Waals surface area (Å²) in [5.74, 6) is -0.209. The highest BCUT2D eigenvalue weighted by atomic mass is 16.2. The van der Waals surface area contributed by atoms with Gasteiger partial charge in [-0.2, -0.15) is 5.10 Å². The molecule has 3 amide bonds. The van der Waals surface area contributed by atoms with Crippen molar-refractivity contribution in [3.8, 4) is 0 Å². The molecule has 7 heteroatoms. The van der Waals surface area contributed by atoms with Crippen molar-refractivity contribution in [1.29, 1.82) is 0 Å². The van der Waals surface area contributed by atoms with Gasteiger partial charge < -0.3 is 5.32 Å². The average Bonchev–Trinajstić information content (AvgIpc) is 3.02. The highest BCUT2D eigenvalue weighted by molar-refractivity contribution is 6.09. The molecular weight excluding hydrogens is 332 g/mol. The molecule has 1 aliphatic heterocycles. The van der Waals surface area contributed by atoms with E-state index in [1.165, 1.54) is 0 Å². The highest BCUT2D eigenvalue weighted by Crippen LogP contribution is 2.45. The van der Waals surface area contributed by atoms with E-state index in [1.54, 1.807) is 11.7 Å². The maximum absolute atomic E-state index is 12.8.